The Bertz CT molecular complexity index is 355. The molecule has 5 nitrogen and oxygen atoms in total. The first kappa shape index (κ1) is 12.4. The van der Waals surface area contributed by atoms with Crippen LogP contribution in [0.2, 0.25) is 0 Å². The highest BCUT2D eigenvalue weighted by Gasteiger charge is 2.14. The summed E-state index contributed by atoms with van der Waals surface area (Å²) in [5.74, 6) is -0.981. The van der Waals surface area contributed by atoms with Gasteiger partial charge in [-0.05, 0) is 19.4 Å². The molecule has 88 valence electrons. The molecule has 1 heterocycles. The van der Waals surface area contributed by atoms with E-state index in [4.69, 9.17) is 10.2 Å². The molecular weight excluding hydrogens is 208 g/mol. The molecule has 16 heavy (non-hydrogen) atoms. The summed E-state index contributed by atoms with van der Waals surface area (Å²) in [5.41, 5.74) is 0.848. The second kappa shape index (κ2) is 6.07. The minimum absolute atomic E-state index is 0.101. The number of carbonyl (C=O) groups is 1. The smallest absolute Gasteiger partial charge is 0.339 e. The van der Waals surface area contributed by atoms with Crippen molar-refractivity contribution >= 4 is 11.7 Å². The van der Waals surface area contributed by atoms with Crippen LogP contribution >= 0.6 is 0 Å². The maximum Gasteiger partial charge on any atom is 0.339 e. The number of anilines is 1. The molecule has 0 saturated carbocycles. The predicted molar refractivity (Wildman–Crippen MR) is 60.8 cm³/mol. The molecule has 0 saturated heterocycles. The molecule has 0 aliphatic carbocycles. The number of rotatable bonds is 6. The number of aromatic carboxylic acids is 1. The summed E-state index contributed by atoms with van der Waals surface area (Å²) in [5, 5.41) is 17.8. The maximum absolute atomic E-state index is 11.0. The molecule has 0 aromatic carbocycles. The van der Waals surface area contributed by atoms with Crippen LogP contribution in [0.1, 0.15) is 23.7 Å². The third kappa shape index (κ3) is 2.93. The van der Waals surface area contributed by atoms with Gasteiger partial charge in [-0.1, -0.05) is 0 Å². The van der Waals surface area contributed by atoms with Gasteiger partial charge in [-0.3, -0.25) is 4.98 Å². The third-order valence-corrected chi connectivity index (χ3v) is 2.34. The number of aliphatic hydroxyl groups is 1. The quantitative estimate of drug-likeness (QED) is 0.753. The number of hydrogen-bond acceptors (Lipinski definition) is 4. The van der Waals surface area contributed by atoms with Crippen molar-refractivity contribution in [3.63, 3.8) is 0 Å². The van der Waals surface area contributed by atoms with Gasteiger partial charge in [-0.2, -0.15) is 0 Å². The molecular formula is C11H16N2O3. The zero-order valence-electron chi connectivity index (χ0n) is 9.26. The summed E-state index contributed by atoms with van der Waals surface area (Å²) in [6.45, 7) is 3.38. The van der Waals surface area contributed by atoms with Crippen LogP contribution in [0.5, 0.6) is 0 Å². The maximum atomic E-state index is 11.0. The van der Waals surface area contributed by atoms with Gasteiger partial charge in [0.15, 0.2) is 0 Å². The lowest BCUT2D eigenvalue weighted by Crippen LogP contribution is -2.26. The average molecular weight is 224 g/mol. The first-order chi connectivity index (χ1) is 7.70. The van der Waals surface area contributed by atoms with Gasteiger partial charge in [-0.25, -0.2) is 4.79 Å². The van der Waals surface area contributed by atoms with Crippen molar-refractivity contribution in [1.29, 1.82) is 0 Å². The van der Waals surface area contributed by atoms with E-state index in [2.05, 4.69) is 4.98 Å². The predicted octanol–water partition coefficient (Wildman–Crippen LogP) is 0.989. The van der Waals surface area contributed by atoms with Crippen LogP contribution in [0.15, 0.2) is 18.5 Å². The zero-order chi connectivity index (χ0) is 12.0. The van der Waals surface area contributed by atoms with E-state index < -0.39 is 5.97 Å². The highest BCUT2D eigenvalue weighted by Crippen LogP contribution is 2.19. The third-order valence-electron chi connectivity index (χ3n) is 2.34. The largest absolute Gasteiger partial charge is 0.478 e. The molecule has 1 aromatic heterocycles. The van der Waals surface area contributed by atoms with E-state index in [0.29, 0.717) is 25.2 Å². The van der Waals surface area contributed by atoms with Crippen LogP contribution in [-0.2, 0) is 0 Å². The topological polar surface area (TPSA) is 73.7 Å². The number of carboxylic acid groups (broad SMARTS) is 1. The van der Waals surface area contributed by atoms with E-state index >= 15 is 0 Å². The van der Waals surface area contributed by atoms with Gasteiger partial charge in [0, 0.05) is 32.1 Å². The molecule has 0 spiro atoms. The van der Waals surface area contributed by atoms with E-state index in [0.717, 1.165) is 0 Å². The monoisotopic (exact) mass is 224 g/mol. The Hall–Kier alpha value is -1.62. The number of hydrogen-bond donors (Lipinski definition) is 2. The van der Waals surface area contributed by atoms with Gasteiger partial charge >= 0.3 is 5.97 Å². The van der Waals surface area contributed by atoms with Crippen molar-refractivity contribution in [2.45, 2.75) is 13.3 Å². The van der Waals surface area contributed by atoms with Gasteiger partial charge in [0.25, 0.3) is 0 Å². The second-order valence-corrected chi connectivity index (χ2v) is 3.35. The van der Waals surface area contributed by atoms with E-state index in [-0.39, 0.29) is 12.2 Å². The Morgan fingerprint density at radius 1 is 1.56 bits per heavy atom. The first-order valence-corrected chi connectivity index (χ1v) is 5.23. The summed E-state index contributed by atoms with van der Waals surface area (Å²) in [4.78, 5) is 16.7. The number of pyridine rings is 1. The van der Waals surface area contributed by atoms with Crippen molar-refractivity contribution < 1.29 is 15.0 Å². The van der Waals surface area contributed by atoms with Crippen molar-refractivity contribution in [2.75, 3.05) is 24.6 Å². The minimum Gasteiger partial charge on any atom is -0.478 e. The normalized spacial score (nSPS) is 10.1. The summed E-state index contributed by atoms with van der Waals surface area (Å²) in [6.07, 6.45) is 3.54. The van der Waals surface area contributed by atoms with E-state index in [9.17, 15) is 4.79 Å². The zero-order valence-corrected chi connectivity index (χ0v) is 9.26. The fourth-order valence-corrected chi connectivity index (χ4v) is 1.54. The summed E-state index contributed by atoms with van der Waals surface area (Å²) < 4.78 is 0. The fraction of sp³-hybridized carbons (Fsp3) is 0.455. The van der Waals surface area contributed by atoms with Crippen molar-refractivity contribution in [3.8, 4) is 0 Å². The van der Waals surface area contributed by atoms with Crippen molar-refractivity contribution in [3.05, 3.63) is 24.0 Å². The molecule has 0 fully saturated rings. The molecule has 1 rings (SSSR count). The molecule has 0 unspecified atom stereocenters. The van der Waals surface area contributed by atoms with Gasteiger partial charge in [0.05, 0.1) is 5.69 Å². The number of carboxylic acids is 1. The summed E-state index contributed by atoms with van der Waals surface area (Å²) in [7, 11) is 0. The molecule has 0 amide bonds. The Morgan fingerprint density at radius 2 is 2.31 bits per heavy atom. The highest BCUT2D eigenvalue weighted by atomic mass is 16.4. The van der Waals surface area contributed by atoms with Gasteiger partial charge < -0.3 is 15.1 Å². The van der Waals surface area contributed by atoms with Crippen LogP contribution in [0, 0.1) is 0 Å². The Kier molecular flexibility index (Phi) is 4.72. The molecule has 5 heteroatoms. The molecule has 1 aromatic rings. The number of aliphatic hydroxyl groups excluding tert-OH is 1. The van der Waals surface area contributed by atoms with Crippen molar-refractivity contribution in [2.24, 2.45) is 0 Å². The summed E-state index contributed by atoms with van der Waals surface area (Å²) in [6, 6.07) is 1.68. The number of nitrogens with zero attached hydrogens (tertiary/aromatic N) is 2. The van der Waals surface area contributed by atoms with E-state index in [1.165, 1.54) is 6.20 Å². The van der Waals surface area contributed by atoms with Crippen LogP contribution in [0.3, 0.4) is 0 Å². The van der Waals surface area contributed by atoms with Crippen molar-refractivity contribution in [1.82, 2.24) is 4.98 Å². The Morgan fingerprint density at radius 3 is 2.88 bits per heavy atom. The van der Waals surface area contributed by atoms with Gasteiger partial charge in [0.2, 0.25) is 0 Å². The average Bonchev–Trinajstić information content (AvgIpc) is 2.30. The lowest BCUT2D eigenvalue weighted by molar-refractivity contribution is 0.0697. The SMILES string of the molecule is CCN(CCCO)c1ccncc1C(=O)O. The molecule has 0 bridgehead atoms. The van der Waals surface area contributed by atoms with E-state index in [1.807, 2.05) is 11.8 Å². The Balaban J connectivity index is 2.94. The lowest BCUT2D eigenvalue weighted by Gasteiger charge is -2.23. The highest BCUT2D eigenvalue weighted by molar-refractivity contribution is 5.94. The van der Waals surface area contributed by atoms with Crippen LogP contribution in [0.4, 0.5) is 5.69 Å². The second-order valence-electron chi connectivity index (χ2n) is 3.35. The summed E-state index contributed by atoms with van der Waals surface area (Å²) >= 11 is 0. The molecule has 2 N–H and O–H groups in total. The van der Waals surface area contributed by atoms with Crippen LogP contribution < -0.4 is 4.90 Å². The van der Waals surface area contributed by atoms with E-state index in [1.54, 1.807) is 12.3 Å². The Labute approximate surface area is 94.4 Å². The molecule has 0 aliphatic heterocycles. The fourth-order valence-electron chi connectivity index (χ4n) is 1.54. The first-order valence-electron chi connectivity index (χ1n) is 5.23. The van der Waals surface area contributed by atoms with Crippen LogP contribution in [-0.4, -0.2) is 40.9 Å². The van der Waals surface area contributed by atoms with Crippen LogP contribution in [0.25, 0.3) is 0 Å². The lowest BCUT2D eigenvalue weighted by atomic mass is 10.2. The molecule has 0 aliphatic rings. The number of aromatic nitrogens is 1. The van der Waals surface area contributed by atoms with Gasteiger partial charge in [0.1, 0.15) is 5.56 Å². The van der Waals surface area contributed by atoms with Gasteiger partial charge in [-0.15, -0.1) is 0 Å². The standard InChI is InChI=1S/C11H16N2O3/c1-2-13(6-3-7-14)10-4-5-12-8-9(10)11(15)16/h4-5,8,14H,2-3,6-7H2,1H3,(H,15,16). The minimum atomic E-state index is -0.981. The molecule has 0 radical (unpaired) electrons. The molecule has 0 atom stereocenters.